The second-order valence-corrected chi connectivity index (χ2v) is 33.0. The van der Waals surface area contributed by atoms with Gasteiger partial charge < -0.3 is 28.4 Å². The maximum absolute atomic E-state index is 15.4. The number of benzene rings is 6. The summed E-state index contributed by atoms with van der Waals surface area (Å²) >= 11 is 0. The maximum Gasteiger partial charge on any atom is 0.185 e. The van der Waals surface area contributed by atoms with Crippen LogP contribution in [0.25, 0.3) is 0 Å². The molecular weight excluding hydrogens is 1190 g/mol. The van der Waals surface area contributed by atoms with E-state index in [9.17, 15) is 9.59 Å². The third-order valence-corrected chi connectivity index (χ3v) is 19.4. The number of carbonyl (C=O) groups excluding carboxylic acids is 4. The molecule has 0 spiro atoms. The van der Waals surface area contributed by atoms with Gasteiger partial charge in [0.05, 0.1) is 42.7 Å². The van der Waals surface area contributed by atoms with Crippen LogP contribution >= 0.6 is 0 Å². The van der Waals surface area contributed by atoms with E-state index in [4.69, 9.17) is 28.4 Å². The third-order valence-electron chi connectivity index (χ3n) is 19.4. The average Bonchev–Trinajstić information content (AvgIpc) is 0.787. The summed E-state index contributed by atoms with van der Waals surface area (Å²) < 4.78 is 39.1. The van der Waals surface area contributed by atoms with Crippen molar-refractivity contribution in [2.24, 2.45) is 0 Å². The Kier molecular flexibility index (Phi) is 20.3. The van der Waals surface area contributed by atoms with E-state index in [1.807, 2.05) is 0 Å². The van der Waals surface area contributed by atoms with Gasteiger partial charge in [0.25, 0.3) is 0 Å². The molecule has 6 aromatic rings. The van der Waals surface area contributed by atoms with Crippen LogP contribution in [0.15, 0.2) is 119 Å². The number of hydrogen-bond donors (Lipinski definition) is 0. The van der Waals surface area contributed by atoms with Crippen molar-refractivity contribution >= 4 is 23.1 Å². The largest absolute Gasteiger partial charge is 0.496 e. The number of Topliss-reactive ketones (excluding diaryl/α,β-unsaturated/α-hetero) is 2. The first-order chi connectivity index (χ1) is 44.7. The van der Waals surface area contributed by atoms with Gasteiger partial charge in [-0.15, -0.1) is 0 Å². The minimum absolute atomic E-state index is 0.150. The minimum Gasteiger partial charge on any atom is -0.496 e. The summed E-state index contributed by atoms with van der Waals surface area (Å²) in [6.45, 7) is 39.4. The van der Waals surface area contributed by atoms with Crippen molar-refractivity contribution in [3.63, 3.8) is 0 Å². The van der Waals surface area contributed by atoms with Crippen molar-refractivity contribution in [2.75, 3.05) is 42.7 Å². The Hall–Kier alpha value is -8.24. The molecule has 0 atom stereocenters. The van der Waals surface area contributed by atoms with Crippen LogP contribution in [0, 0.1) is 0 Å². The molecule has 0 N–H and O–H groups in total. The van der Waals surface area contributed by atoms with E-state index in [1.54, 1.807) is 42.7 Å². The number of carbonyl (C=O) groups is 4. The normalized spacial score (nSPS) is 15.5. The Bertz CT molecular complexity index is 3730. The number of ether oxygens (including phenoxy) is 6. The summed E-state index contributed by atoms with van der Waals surface area (Å²) in [6, 6.07) is 26.3. The molecule has 0 saturated carbocycles. The highest BCUT2D eigenvalue weighted by Crippen LogP contribution is 2.46. The highest BCUT2D eigenvalue weighted by molar-refractivity contribution is 6.21. The van der Waals surface area contributed by atoms with Crippen molar-refractivity contribution in [3.8, 4) is 34.5 Å². The molecule has 0 aromatic heterocycles. The molecule has 16 bridgehead atoms. The molecule has 0 fully saturated rings. The van der Waals surface area contributed by atoms with E-state index >= 15 is 9.59 Å². The van der Waals surface area contributed by atoms with Gasteiger partial charge in [-0.2, -0.15) is 0 Å². The molecule has 0 heterocycles. The van der Waals surface area contributed by atoms with Crippen molar-refractivity contribution in [1.82, 2.24) is 0 Å². The Morgan fingerprint density at radius 3 is 0.458 bits per heavy atom. The standard InChI is InChI=1S/C86H104O10/c1-81(2,3)65-33-53-25-49-45-71(87)46-50(73(49)89)26-54-34-66(82(4,5)6)39-59(76(54)92-20)31-63-43-70(86(16,17)18)44-64(80(63)96-24)32-60-40-68(84(10,11)12)36-56(78(60)94-22)28-52-48-72(88)47-51(74(52)90)27-55-35-67(83(7,8)9)38-58(77(55)93-21)30-62-42-69(85(13,14)15)41-61(79(62)95-23)29-57(37-65)75(53)91-19/h33-48H,25-32H2,1-24H3. The summed E-state index contributed by atoms with van der Waals surface area (Å²) in [7, 11) is 10.1. The number of methoxy groups -OCH3 is 6. The van der Waals surface area contributed by atoms with Crippen LogP contribution in [0.2, 0.25) is 0 Å². The lowest BCUT2D eigenvalue weighted by Gasteiger charge is -2.28. The Morgan fingerprint density at radius 2 is 0.344 bits per heavy atom. The van der Waals surface area contributed by atoms with Gasteiger partial charge in [0, 0.05) is 73.7 Å². The van der Waals surface area contributed by atoms with E-state index in [0.29, 0.717) is 82.5 Å². The SMILES string of the molecule is COc1c2cc(C(C)(C)C)cc1Cc1cc(C(C)(C)C)cc(c1OC)Cc1cc(C(C)(C)C)cc(c1OC)CC1=CC(=O)C=C(Cc3cc(C(C)(C)C)cc(c3OC)Cc3cc(C(C)(C)C)cc(c3OC)Cc3cc(C(C)(C)C)cc(c3OC)CC3=CC(=O)C=C(C2)C3=O)C1=O. The fourth-order valence-corrected chi connectivity index (χ4v) is 13.9. The van der Waals surface area contributed by atoms with Gasteiger partial charge in [-0.1, -0.05) is 197 Å². The van der Waals surface area contributed by atoms with Crippen LogP contribution in [0.3, 0.4) is 0 Å². The lowest BCUT2D eigenvalue weighted by atomic mass is 9.79. The van der Waals surface area contributed by atoms with Crippen molar-refractivity contribution in [3.05, 3.63) is 220 Å². The summed E-state index contributed by atoms with van der Waals surface area (Å²) in [6.07, 6.45) is 8.21. The zero-order chi connectivity index (χ0) is 70.7. The molecule has 0 unspecified atom stereocenters. The fourth-order valence-electron chi connectivity index (χ4n) is 13.9. The van der Waals surface area contributed by atoms with Gasteiger partial charge in [-0.05, 0) is 157 Å². The first-order valence-corrected chi connectivity index (χ1v) is 33.9. The van der Waals surface area contributed by atoms with Crippen LogP contribution in [-0.2, 0) is 103 Å². The van der Waals surface area contributed by atoms with Crippen molar-refractivity contribution in [2.45, 2.75) is 208 Å². The summed E-state index contributed by atoms with van der Waals surface area (Å²) in [4.78, 5) is 59.2. The zero-order valence-corrected chi connectivity index (χ0v) is 62.0. The second kappa shape index (κ2) is 27.0. The first-order valence-electron chi connectivity index (χ1n) is 33.9. The quantitative estimate of drug-likeness (QED) is 0.149. The molecular formula is C86H104O10. The number of hydrogen-bond acceptors (Lipinski definition) is 10. The number of allylic oxidation sites excluding steroid dienone is 8. The molecule has 3 aliphatic carbocycles. The Balaban J connectivity index is 1.31. The highest BCUT2D eigenvalue weighted by atomic mass is 16.5. The molecule has 3 aliphatic rings. The fraction of sp³-hybridized carbons (Fsp3) is 0.442. The van der Waals surface area contributed by atoms with Crippen LogP contribution < -0.4 is 28.4 Å². The van der Waals surface area contributed by atoms with E-state index in [2.05, 4.69) is 197 Å². The zero-order valence-electron chi connectivity index (χ0n) is 62.0. The van der Waals surface area contributed by atoms with Crippen molar-refractivity contribution < 1.29 is 47.6 Å². The molecule has 6 aromatic carbocycles. The predicted molar refractivity (Wildman–Crippen MR) is 389 cm³/mol. The molecule has 0 aliphatic heterocycles. The number of ketones is 4. The summed E-state index contributed by atoms with van der Waals surface area (Å²) in [5.41, 5.74) is 16.6. The summed E-state index contributed by atoms with van der Waals surface area (Å²) in [5.74, 6) is 3.02. The lowest BCUT2D eigenvalue weighted by Crippen LogP contribution is -2.20. The smallest absolute Gasteiger partial charge is 0.185 e. The second-order valence-electron chi connectivity index (χ2n) is 33.0. The maximum atomic E-state index is 15.4. The van der Waals surface area contributed by atoms with Gasteiger partial charge in [-0.25, -0.2) is 0 Å². The number of rotatable bonds is 6. The molecule has 0 radical (unpaired) electrons. The van der Waals surface area contributed by atoms with E-state index < -0.39 is 0 Å². The van der Waals surface area contributed by atoms with Gasteiger partial charge in [0.2, 0.25) is 0 Å². The Labute approximate surface area is 573 Å². The van der Waals surface area contributed by atoms with Crippen molar-refractivity contribution in [1.29, 1.82) is 0 Å². The highest BCUT2D eigenvalue weighted by Gasteiger charge is 2.34. The minimum atomic E-state index is -0.323. The average molecular weight is 1300 g/mol. The van der Waals surface area contributed by atoms with Gasteiger partial charge in [-0.3, -0.25) is 19.2 Å². The Morgan fingerprint density at radius 1 is 0.219 bits per heavy atom. The topological polar surface area (TPSA) is 124 Å². The number of fused-ring (bicyclic) bond motifs is 16. The molecule has 10 nitrogen and oxygen atoms in total. The van der Waals surface area contributed by atoms with Crippen LogP contribution in [0.1, 0.15) is 225 Å². The van der Waals surface area contributed by atoms with Crippen LogP contribution in [0.4, 0.5) is 0 Å². The molecule has 508 valence electrons. The van der Waals surface area contributed by atoms with Gasteiger partial charge >= 0.3 is 0 Å². The van der Waals surface area contributed by atoms with Gasteiger partial charge in [0.1, 0.15) is 34.5 Å². The first kappa shape index (κ1) is 72.0. The molecule has 0 amide bonds. The molecule has 96 heavy (non-hydrogen) atoms. The lowest BCUT2D eigenvalue weighted by molar-refractivity contribution is -0.115. The molecule has 0 saturated heterocycles. The summed E-state index contributed by atoms with van der Waals surface area (Å²) in [5, 5.41) is 0. The van der Waals surface area contributed by atoms with E-state index in [-0.39, 0.29) is 81.3 Å². The monoisotopic (exact) mass is 1300 g/mol. The predicted octanol–water partition coefficient (Wildman–Crippen LogP) is 17.8. The molecule has 9 rings (SSSR count). The van der Waals surface area contributed by atoms with Crippen LogP contribution in [-0.4, -0.2) is 65.8 Å². The van der Waals surface area contributed by atoms with Crippen LogP contribution in [0.5, 0.6) is 34.5 Å². The third kappa shape index (κ3) is 15.4. The molecule has 10 heteroatoms. The van der Waals surface area contributed by atoms with E-state index in [1.165, 1.54) is 24.3 Å². The van der Waals surface area contributed by atoms with E-state index in [0.717, 1.165) is 100 Å². The van der Waals surface area contributed by atoms with Gasteiger partial charge in [0.15, 0.2) is 23.1 Å².